The fourth-order valence-electron chi connectivity index (χ4n) is 2.13. The fourth-order valence-corrected chi connectivity index (χ4v) is 3.01. The monoisotopic (exact) mass is 284 g/mol. The minimum atomic E-state index is -0.966. The molecule has 2 heterocycles. The third kappa shape index (κ3) is 2.12. The van der Waals surface area contributed by atoms with E-state index in [9.17, 15) is 4.79 Å². The lowest BCUT2D eigenvalue weighted by Gasteiger charge is -2.00. The SMILES string of the molecule is Cc1csc2nc(-c3ccccc3)c(/C=C/C(=O)O)n12. The minimum absolute atomic E-state index is 0.798. The largest absolute Gasteiger partial charge is 0.478 e. The maximum Gasteiger partial charge on any atom is 0.328 e. The van der Waals surface area contributed by atoms with Gasteiger partial charge in [0.1, 0.15) is 0 Å². The van der Waals surface area contributed by atoms with Gasteiger partial charge in [-0.05, 0) is 13.0 Å². The highest BCUT2D eigenvalue weighted by Gasteiger charge is 2.14. The number of carbonyl (C=O) groups is 1. The molecule has 0 spiro atoms. The number of nitrogens with zero attached hydrogens (tertiary/aromatic N) is 2. The summed E-state index contributed by atoms with van der Waals surface area (Å²) < 4.78 is 1.98. The number of imidazole rings is 1. The van der Waals surface area contributed by atoms with E-state index in [-0.39, 0.29) is 0 Å². The summed E-state index contributed by atoms with van der Waals surface area (Å²) in [6.45, 7) is 1.98. The predicted molar refractivity (Wildman–Crippen MR) is 79.9 cm³/mol. The number of fused-ring (bicyclic) bond motifs is 1. The third-order valence-corrected chi connectivity index (χ3v) is 3.94. The van der Waals surface area contributed by atoms with Crippen LogP contribution in [-0.4, -0.2) is 20.5 Å². The zero-order valence-electron chi connectivity index (χ0n) is 10.8. The highest BCUT2D eigenvalue weighted by Crippen LogP contribution is 2.29. The summed E-state index contributed by atoms with van der Waals surface area (Å²) in [4.78, 5) is 16.3. The summed E-state index contributed by atoms with van der Waals surface area (Å²) in [6.07, 6.45) is 2.75. The second-order valence-electron chi connectivity index (χ2n) is 4.38. The molecule has 0 aliphatic rings. The first-order chi connectivity index (χ1) is 9.66. The number of hydrogen-bond donors (Lipinski definition) is 1. The van der Waals surface area contributed by atoms with Crippen LogP contribution in [0.25, 0.3) is 22.3 Å². The molecule has 20 heavy (non-hydrogen) atoms. The number of aryl methyl sites for hydroxylation is 1. The average molecular weight is 284 g/mol. The number of aliphatic carboxylic acids is 1. The van der Waals surface area contributed by atoms with Crippen molar-refractivity contribution in [2.75, 3.05) is 0 Å². The van der Waals surface area contributed by atoms with Crippen LogP contribution in [0.3, 0.4) is 0 Å². The summed E-state index contributed by atoms with van der Waals surface area (Å²) in [5, 5.41) is 10.9. The van der Waals surface area contributed by atoms with Gasteiger partial charge in [0, 0.05) is 22.7 Å². The molecule has 0 radical (unpaired) electrons. The van der Waals surface area contributed by atoms with Crippen LogP contribution >= 0.6 is 11.3 Å². The Morgan fingerprint density at radius 2 is 2.10 bits per heavy atom. The van der Waals surface area contributed by atoms with Crippen molar-refractivity contribution in [3.8, 4) is 11.3 Å². The van der Waals surface area contributed by atoms with Gasteiger partial charge in [0.2, 0.25) is 0 Å². The first kappa shape index (κ1) is 12.6. The van der Waals surface area contributed by atoms with Gasteiger partial charge >= 0.3 is 5.97 Å². The number of hydrogen-bond acceptors (Lipinski definition) is 3. The Morgan fingerprint density at radius 3 is 2.80 bits per heavy atom. The lowest BCUT2D eigenvalue weighted by molar-refractivity contribution is -0.131. The molecule has 1 N–H and O–H groups in total. The Morgan fingerprint density at radius 1 is 1.35 bits per heavy atom. The van der Waals surface area contributed by atoms with Crippen molar-refractivity contribution in [3.63, 3.8) is 0 Å². The standard InChI is InChI=1S/C15H12N2O2S/c1-10-9-20-15-16-14(11-5-3-2-4-6-11)12(17(10)15)7-8-13(18)19/h2-9H,1H3,(H,18,19)/b8-7+. The van der Waals surface area contributed by atoms with E-state index in [1.54, 1.807) is 17.4 Å². The summed E-state index contributed by atoms with van der Waals surface area (Å²) in [5.41, 5.74) is 3.63. The van der Waals surface area contributed by atoms with Crippen LogP contribution in [0.2, 0.25) is 0 Å². The number of aromatic nitrogens is 2. The van der Waals surface area contributed by atoms with Crippen molar-refractivity contribution in [2.24, 2.45) is 0 Å². The number of thiazole rings is 1. The molecule has 0 atom stereocenters. The number of benzene rings is 1. The topological polar surface area (TPSA) is 54.6 Å². The van der Waals surface area contributed by atoms with Crippen molar-refractivity contribution < 1.29 is 9.90 Å². The van der Waals surface area contributed by atoms with Crippen LogP contribution in [0.1, 0.15) is 11.4 Å². The maximum absolute atomic E-state index is 10.8. The van der Waals surface area contributed by atoms with E-state index in [0.717, 1.165) is 33.7 Å². The van der Waals surface area contributed by atoms with Crippen LogP contribution in [-0.2, 0) is 4.79 Å². The zero-order chi connectivity index (χ0) is 14.1. The van der Waals surface area contributed by atoms with E-state index in [1.165, 1.54) is 0 Å². The van der Waals surface area contributed by atoms with Gasteiger partial charge in [-0.3, -0.25) is 4.40 Å². The number of carboxylic acids is 1. The molecule has 3 rings (SSSR count). The first-order valence-electron chi connectivity index (χ1n) is 6.10. The predicted octanol–water partition coefficient (Wildman–Crippen LogP) is 3.47. The van der Waals surface area contributed by atoms with Gasteiger partial charge in [-0.2, -0.15) is 0 Å². The van der Waals surface area contributed by atoms with Gasteiger partial charge in [0.25, 0.3) is 0 Å². The van der Waals surface area contributed by atoms with Gasteiger partial charge in [0.05, 0.1) is 11.4 Å². The Balaban J connectivity index is 2.26. The molecule has 2 aromatic heterocycles. The van der Waals surface area contributed by atoms with Gasteiger partial charge in [-0.15, -0.1) is 11.3 Å². The van der Waals surface area contributed by atoms with E-state index in [2.05, 4.69) is 4.98 Å². The summed E-state index contributed by atoms with van der Waals surface area (Å²) >= 11 is 1.55. The molecular weight excluding hydrogens is 272 g/mol. The molecule has 3 aromatic rings. The Bertz CT molecular complexity index is 800. The van der Waals surface area contributed by atoms with E-state index in [0.29, 0.717) is 0 Å². The van der Waals surface area contributed by atoms with Crippen molar-refractivity contribution in [1.82, 2.24) is 9.38 Å². The molecule has 4 nitrogen and oxygen atoms in total. The van der Waals surface area contributed by atoms with Gasteiger partial charge in [0.15, 0.2) is 4.96 Å². The molecule has 0 unspecified atom stereocenters. The second-order valence-corrected chi connectivity index (χ2v) is 5.21. The van der Waals surface area contributed by atoms with E-state index < -0.39 is 5.97 Å². The zero-order valence-corrected chi connectivity index (χ0v) is 11.6. The maximum atomic E-state index is 10.8. The summed E-state index contributed by atoms with van der Waals surface area (Å²) in [6, 6.07) is 9.78. The average Bonchev–Trinajstić information content (AvgIpc) is 2.98. The molecule has 100 valence electrons. The lowest BCUT2D eigenvalue weighted by atomic mass is 10.1. The summed E-state index contributed by atoms with van der Waals surface area (Å²) in [5.74, 6) is -0.966. The molecule has 0 bridgehead atoms. The van der Waals surface area contributed by atoms with Crippen molar-refractivity contribution in [1.29, 1.82) is 0 Å². The van der Waals surface area contributed by atoms with Crippen LogP contribution in [0, 0.1) is 6.92 Å². The van der Waals surface area contributed by atoms with Crippen LogP contribution in [0.5, 0.6) is 0 Å². The van der Waals surface area contributed by atoms with Gasteiger partial charge in [-0.1, -0.05) is 30.3 Å². The first-order valence-corrected chi connectivity index (χ1v) is 6.98. The van der Waals surface area contributed by atoms with Crippen molar-refractivity contribution >= 4 is 28.3 Å². The van der Waals surface area contributed by atoms with Crippen molar-refractivity contribution in [3.05, 3.63) is 53.2 Å². The number of rotatable bonds is 3. The molecule has 0 amide bonds. The summed E-state index contributed by atoms with van der Waals surface area (Å²) in [7, 11) is 0. The molecule has 0 aliphatic heterocycles. The molecule has 5 heteroatoms. The Kier molecular flexibility index (Phi) is 3.12. The van der Waals surface area contributed by atoms with Crippen LogP contribution < -0.4 is 0 Å². The highest BCUT2D eigenvalue weighted by atomic mass is 32.1. The molecule has 0 fully saturated rings. The van der Waals surface area contributed by atoms with Crippen LogP contribution in [0.4, 0.5) is 0 Å². The van der Waals surface area contributed by atoms with Gasteiger partial charge < -0.3 is 5.11 Å². The third-order valence-electron chi connectivity index (χ3n) is 3.00. The minimum Gasteiger partial charge on any atom is -0.478 e. The quantitative estimate of drug-likeness (QED) is 0.749. The molecule has 0 saturated carbocycles. The van der Waals surface area contributed by atoms with Crippen molar-refractivity contribution in [2.45, 2.75) is 6.92 Å². The van der Waals surface area contributed by atoms with E-state index in [4.69, 9.17) is 5.11 Å². The highest BCUT2D eigenvalue weighted by molar-refractivity contribution is 7.15. The molecule has 0 aliphatic carbocycles. The fraction of sp³-hybridized carbons (Fsp3) is 0.0667. The smallest absolute Gasteiger partial charge is 0.328 e. The lowest BCUT2D eigenvalue weighted by Crippen LogP contribution is -1.91. The van der Waals surface area contributed by atoms with Gasteiger partial charge in [-0.25, -0.2) is 9.78 Å². The molecule has 1 aromatic carbocycles. The van der Waals surface area contributed by atoms with E-state index >= 15 is 0 Å². The normalized spacial score (nSPS) is 11.4. The second kappa shape index (κ2) is 4.94. The van der Waals surface area contributed by atoms with E-state index in [1.807, 2.05) is 47.0 Å². The number of carboxylic acid groups (broad SMARTS) is 1. The Labute approximate surface area is 119 Å². The molecule has 0 saturated heterocycles. The molecular formula is C15H12N2O2S. The van der Waals surface area contributed by atoms with Crippen LogP contribution in [0.15, 0.2) is 41.8 Å². The Hall–Kier alpha value is -2.40.